The SMILES string of the molecule is CC(CC1CC1)NC(=O)c1cccc(C=CC(=O)O)c1. The second-order valence-electron chi connectivity index (χ2n) is 5.35. The van der Waals surface area contributed by atoms with Gasteiger partial charge in [0.1, 0.15) is 0 Å². The first-order valence-corrected chi connectivity index (χ1v) is 6.86. The van der Waals surface area contributed by atoms with E-state index < -0.39 is 5.97 Å². The van der Waals surface area contributed by atoms with E-state index in [0.717, 1.165) is 18.4 Å². The van der Waals surface area contributed by atoms with Gasteiger partial charge in [0, 0.05) is 17.7 Å². The largest absolute Gasteiger partial charge is 0.478 e. The predicted molar refractivity (Wildman–Crippen MR) is 77.4 cm³/mol. The zero-order chi connectivity index (χ0) is 14.5. The van der Waals surface area contributed by atoms with Crippen LogP contribution >= 0.6 is 0 Å². The second-order valence-corrected chi connectivity index (χ2v) is 5.35. The Balaban J connectivity index is 1.97. The Morgan fingerprint density at radius 3 is 2.85 bits per heavy atom. The number of carbonyl (C=O) groups is 2. The van der Waals surface area contributed by atoms with Gasteiger partial charge in [0.25, 0.3) is 5.91 Å². The number of carboxylic acid groups (broad SMARTS) is 1. The van der Waals surface area contributed by atoms with E-state index in [4.69, 9.17) is 5.11 Å². The van der Waals surface area contributed by atoms with Crippen molar-refractivity contribution in [2.24, 2.45) is 5.92 Å². The van der Waals surface area contributed by atoms with Gasteiger partial charge in [-0.1, -0.05) is 25.0 Å². The Morgan fingerprint density at radius 2 is 2.20 bits per heavy atom. The molecule has 4 heteroatoms. The maximum absolute atomic E-state index is 12.1. The van der Waals surface area contributed by atoms with Crippen LogP contribution < -0.4 is 5.32 Å². The third-order valence-electron chi connectivity index (χ3n) is 3.33. The van der Waals surface area contributed by atoms with Crippen LogP contribution in [0.25, 0.3) is 6.08 Å². The van der Waals surface area contributed by atoms with Gasteiger partial charge in [-0.3, -0.25) is 4.79 Å². The quantitative estimate of drug-likeness (QED) is 0.783. The highest BCUT2D eigenvalue weighted by atomic mass is 16.4. The molecule has 4 nitrogen and oxygen atoms in total. The number of nitrogens with one attached hydrogen (secondary N) is 1. The van der Waals surface area contributed by atoms with Gasteiger partial charge in [0.2, 0.25) is 0 Å². The molecule has 1 aliphatic rings. The van der Waals surface area contributed by atoms with Crippen LogP contribution in [0.2, 0.25) is 0 Å². The first-order valence-electron chi connectivity index (χ1n) is 6.86. The van der Waals surface area contributed by atoms with Crippen molar-refractivity contribution >= 4 is 18.0 Å². The Hall–Kier alpha value is -2.10. The van der Waals surface area contributed by atoms with Crippen molar-refractivity contribution < 1.29 is 14.7 Å². The highest BCUT2D eigenvalue weighted by Crippen LogP contribution is 2.33. The van der Waals surface area contributed by atoms with Crippen LogP contribution in [0.15, 0.2) is 30.3 Å². The van der Waals surface area contributed by atoms with E-state index >= 15 is 0 Å². The number of hydrogen-bond acceptors (Lipinski definition) is 2. The molecule has 1 atom stereocenters. The molecule has 2 rings (SSSR count). The van der Waals surface area contributed by atoms with E-state index in [1.54, 1.807) is 24.3 Å². The van der Waals surface area contributed by atoms with E-state index in [2.05, 4.69) is 5.32 Å². The Bertz CT molecular complexity index is 532. The van der Waals surface area contributed by atoms with Crippen molar-refractivity contribution in [1.29, 1.82) is 0 Å². The Morgan fingerprint density at radius 1 is 1.45 bits per heavy atom. The molecule has 0 aliphatic heterocycles. The van der Waals surface area contributed by atoms with Crippen molar-refractivity contribution in [3.63, 3.8) is 0 Å². The summed E-state index contributed by atoms with van der Waals surface area (Å²) in [5, 5.41) is 11.6. The molecule has 1 unspecified atom stereocenters. The summed E-state index contributed by atoms with van der Waals surface area (Å²) in [7, 11) is 0. The fourth-order valence-electron chi connectivity index (χ4n) is 2.17. The van der Waals surface area contributed by atoms with Crippen LogP contribution in [-0.4, -0.2) is 23.0 Å². The van der Waals surface area contributed by atoms with E-state index in [-0.39, 0.29) is 11.9 Å². The number of rotatable bonds is 6. The van der Waals surface area contributed by atoms with Crippen molar-refractivity contribution in [2.75, 3.05) is 0 Å². The lowest BCUT2D eigenvalue weighted by molar-refractivity contribution is -0.131. The van der Waals surface area contributed by atoms with Crippen LogP contribution in [0.1, 0.15) is 42.1 Å². The van der Waals surface area contributed by atoms with Crippen LogP contribution in [0, 0.1) is 5.92 Å². The molecule has 1 fully saturated rings. The summed E-state index contributed by atoms with van der Waals surface area (Å²) in [6.07, 6.45) is 6.12. The molecule has 0 spiro atoms. The van der Waals surface area contributed by atoms with Gasteiger partial charge in [-0.15, -0.1) is 0 Å². The predicted octanol–water partition coefficient (Wildman–Crippen LogP) is 2.70. The summed E-state index contributed by atoms with van der Waals surface area (Å²) < 4.78 is 0. The molecule has 0 bridgehead atoms. The van der Waals surface area contributed by atoms with Gasteiger partial charge in [-0.25, -0.2) is 4.79 Å². The minimum absolute atomic E-state index is 0.108. The monoisotopic (exact) mass is 273 g/mol. The maximum Gasteiger partial charge on any atom is 0.328 e. The van der Waals surface area contributed by atoms with Crippen LogP contribution in [0.3, 0.4) is 0 Å². The van der Waals surface area contributed by atoms with Gasteiger partial charge in [-0.2, -0.15) is 0 Å². The van der Waals surface area contributed by atoms with E-state index in [1.165, 1.54) is 18.9 Å². The molecular formula is C16H19NO3. The second kappa shape index (κ2) is 6.37. The normalized spacial score (nSPS) is 16.1. The molecule has 0 radical (unpaired) electrons. The number of aliphatic carboxylic acids is 1. The molecule has 1 aromatic rings. The van der Waals surface area contributed by atoms with Gasteiger partial charge >= 0.3 is 5.97 Å². The molecule has 1 aromatic carbocycles. The highest BCUT2D eigenvalue weighted by Gasteiger charge is 2.24. The number of carbonyl (C=O) groups excluding carboxylic acids is 1. The summed E-state index contributed by atoms with van der Waals surface area (Å²) in [6.45, 7) is 2.02. The summed E-state index contributed by atoms with van der Waals surface area (Å²) in [4.78, 5) is 22.6. The maximum atomic E-state index is 12.1. The van der Waals surface area contributed by atoms with Crippen molar-refractivity contribution in [2.45, 2.75) is 32.2 Å². The van der Waals surface area contributed by atoms with Crippen molar-refractivity contribution in [3.05, 3.63) is 41.5 Å². The van der Waals surface area contributed by atoms with Crippen LogP contribution in [-0.2, 0) is 4.79 Å². The highest BCUT2D eigenvalue weighted by molar-refractivity contribution is 5.95. The molecule has 20 heavy (non-hydrogen) atoms. The summed E-state index contributed by atoms with van der Waals surface area (Å²) >= 11 is 0. The lowest BCUT2D eigenvalue weighted by Crippen LogP contribution is -2.32. The fraction of sp³-hybridized carbons (Fsp3) is 0.375. The number of amides is 1. The number of carboxylic acids is 1. The zero-order valence-electron chi connectivity index (χ0n) is 11.5. The molecule has 0 aromatic heterocycles. The summed E-state index contributed by atoms with van der Waals surface area (Å²) in [6, 6.07) is 7.12. The molecular weight excluding hydrogens is 254 g/mol. The van der Waals surface area contributed by atoms with E-state index in [9.17, 15) is 9.59 Å². The van der Waals surface area contributed by atoms with Crippen LogP contribution in [0.5, 0.6) is 0 Å². The van der Waals surface area contributed by atoms with Gasteiger partial charge in [0.05, 0.1) is 0 Å². The Labute approximate surface area is 118 Å². The topological polar surface area (TPSA) is 66.4 Å². The molecule has 1 saturated carbocycles. The molecule has 1 amide bonds. The average molecular weight is 273 g/mol. The zero-order valence-corrected chi connectivity index (χ0v) is 11.5. The smallest absolute Gasteiger partial charge is 0.328 e. The first kappa shape index (κ1) is 14.3. The van der Waals surface area contributed by atoms with E-state index in [0.29, 0.717) is 11.1 Å². The van der Waals surface area contributed by atoms with Gasteiger partial charge < -0.3 is 10.4 Å². The standard InChI is InChI=1S/C16H19NO3/c1-11(9-13-5-6-13)17-16(20)14-4-2-3-12(10-14)7-8-15(18)19/h2-4,7-8,10-11,13H,5-6,9H2,1H3,(H,17,20)(H,18,19). The molecule has 1 aliphatic carbocycles. The lowest BCUT2D eigenvalue weighted by Gasteiger charge is -2.13. The number of hydrogen-bond donors (Lipinski definition) is 2. The van der Waals surface area contributed by atoms with Crippen molar-refractivity contribution in [3.8, 4) is 0 Å². The van der Waals surface area contributed by atoms with Crippen molar-refractivity contribution in [1.82, 2.24) is 5.32 Å². The minimum atomic E-state index is -1.00. The van der Waals surface area contributed by atoms with Gasteiger partial charge in [0.15, 0.2) is 0 Å². The summed E-state index contributed by atoms with van der Waals surface area (Å²) in [5.41, 5.74) is 1.26. The Kier molecular flexibility index (Phi) is 4.56. The minimum Gasteiger partial charge on any atom is -0.478 e. The fourth-order valence-corrected chi connectivity index (χ4v) is 2.17. The summed E-state index contributed by atoms with van der Waals surface area (Å²) in [5.74, 6) is -0.336. The number of benzene rings is 1. The molecule has 0 saturated heterocycles. The van der Waals surface area contributed by atoms with Gasteiger partial charge in [-0.05, 0) is 43.0 Å². The lowest BCUT2D eigenvalue weighted by atomic mass is 10.1. The first-order chi connectivity index (χ1) is 9.54. The van der Waals surface area contributed by atoms with E-state index in [1.807, 2.05) is 6.92 Å². The average Bonchev–Trinajstić information content (AvgIpc) is 3.20. The molecule has 0 heterocycles. The third-order valence-corrected chi connectivity index (χ3v) is 3.33. The third kappa shape index (κ3) is 4.53. The van der Waals surface area contributed by atoms with Crippen LogP contribution in [0.4, 0.5) is 0 Å². The molecule has 2 N–H and O–H groups in total. The molecule has 106 valence electrons.